The second kappa shape index (κ2) is 10.1. The van der Waals surface area contributed by atoms with Gasteiger partial charge in [-0.15, -0.1) is 0 Å². The van der Waals surface area contributed by atoms with Gasteiger partial charge in [0.25, 0.3) is 5.91 Å². The molecule has 0 saturated carbocycles. The minimum atomic E-state index is -0.791. The van der Waals surface area contributed by atoms with Crippen molar-refractivity contribution in [3.05, 3.63) is 101 Å². The van der Waals surface area contributed by atoms with Crippen LogP contribution in [0, 0.1) is 6.92 Å². The molecule has 0 spiro atoms. The normalized spacial score (nSPS) is 14.8. The van der Waals surface area contributed by atoms with E-state index >= 15 is 0 Å². The van der Waals surface area contributed by atoms with E-state index in [0.717, 1.165) is 39.0 Å². The first-order valence-electron chi connectivity index (χ1n) is 11.7. The molecular weight excluding hydrogens is 456 g/mol. The fraction of sp³-hybridized carbons (Fsp3) is 0.214. The molecule has 2 aromatic carbocycles. The molecule has 36 heavy (non-hydrogen) atoms. The van der Waals surface area contributed by atoms with Crippen LogP contribution in [-0.4, -0.2) is 37.9 Å². The minimum absolute atomic E-state index is 0.117. The van der Waals surface area contributed by atoms with Gasteiger partial charge in [0.2, 0.25) is 5.91 Å². The summed E-state index contributed by atoms with van der Waals surface area (Å²) >= 11 is 0. The molecule has 0 aliphatic carbocycles. The zero-order valence-corrected chi connectivity index (χ0v) is 19.8. The van der Waals surface area contributed by atoms with Crippen LogP contribution in [0.4, 0.5) is 0 Å². The van der Waals surface area contributed by atoms with Gasteiger partial charge < -0.3 is 9.64 Å². The van der Waals surface area contributed by atoms with Crippen molar-refractivity contribution in [1.82, 2.24) is 20.3 Å². The van der Waals surface area contributed by atoms with Crippen molar-refractivity contribution in [3.63, 3.8) is 0 Å². The van der Waals surface area contributed by atoms with Gasteiger partial charge >= 0.3 is 0 Å². The van der Waals surface area contributed by atoms with Crippen molar-refractivity contribution < 1.29 is 19.5 Å². The van der Waals surface area contributed by atoms with Gasteiger partial charge in [0, 0.05) is 29.3 Å². The number of hydrogen-bond donors (Lipinski definition) is 2. The van der Waals surface area contributed by atoms with E-state index in [4.69, 9.17) is 4.74 Å². The van der Waals surface area contributed by atoms with E-state index in [1.165, 1.54) is 4.90 Å². The lowest BCUT2D eigenvalue weighted by Gasteiger charge is -2.35. The molecule has 2 amide bonds. The second-order valence-corrected chi connectivity index (χ2v) is 8.88. The summed E-state index contributed by atoms with van der Waals surface area (Å²) in [5.41, 5.74) is 7.08. The number of pyridine rings is 2. The predicted molar refractivity (Wildman–Crippen MR) is 133 cm³/mol. The number of benzene rings is 2. The van der Waals surface area contributed by atoms with E-state index in [-0.39, 0.29) is 18.9 Å². The van der Waals surface area contributed by atoms with Crippen LogP contribution in [-0.2, 0) is 35.6 Å². The summed E-state index contributed by atoms with van der Waals surface area (Å²) in [5.74, 6) is -0.133. The van der Waals surface area contributed by atoms with Crippen molar-refractivity contribution in [2.45, 2.75) is 39.0 Å². The van der Waals surface area contributed by atoms with Gasteiger partial charge in [-0.25, -0.2) is 5.48 Å². The molecule has 0 saturated heterocycles. The van der Waals surface area contributed by atoms with Crippen LogP contribution in [0.15, 0.2) is 72.9 Å². The maximum Gasteiger partial charge on any atom is 0.266 e. The highest BCUT2D eigenvalue weighted by atomic mass is 16.5. The molecule has 0 bridgehead atoms. The summed E-state index contributed by atoms with van der Waals surface area (Å²) in [6, 6.07) is 20.3. The molecule has 0 fully saturated rings. The third kappa shape index (κ3) is 4.89. The molecule has 182 valence electrons. The Kier molecular flexibility index (Phi) is 6.60. The molecule has 1 atom stereocenters. The highest BCUT2D eigenvalue weighted by molar-refractivity contribution is 5.88. The van der Waals surface area contributed by atoms with E-state index in [1.54, 1.807) is 17.7 Å². The molecule has 8 nitrogen and oxygen atoms in total. The van der Waals surface area contributed by atoms with Gasteiger partial charge in [0.05, 0.1) is 24.2 Å². The lowest BCUT2D eigenvalue weighted by molar-refractivity contribution is -0.145. The van der Waals surface area contributed by atoms with Crippen LogP contribution >= 0.6 is 0 Å². The fourth-order valence-corrected chi connectivity index (χ4v) is 4.62. The Morgan fingerprint density at radius 1 is 1.11 bits per heavy atom. The van der Waals surface area contributed by atoms with Gasteiger partial charge in [-0.2, -0.15) is 0 Å². The Morgan fingerprint density at radius 3 is 2.72 bits per heavy atom. The van der Waals surface area contributed by atoms with Crippen LogP contribution in [0.1, 0.15) is 28.1 Å². The lowest BCUT2D eigenvalue weighted by atomic mass is 9.96. The van der Waals surface area contributed by atoms with Crippen molar-refractivity contribution in [2.24, 2.45) is 0 Å². The number of ether oxygens (including phenoxy) is 1. The molecule has 8 heteroatoms. The highest BCUT2D eigenvalue weighted by Crippen LogP contribution is 2.24. The van der Waals surface area contributed by atoms with Gasteiger partial charge in [-0.1, -0.05) is 36.4 Å². The van der Waals surface area contributed by atoms with Crippen molar-refractivity contribution >= 4 is 22.7 Å². The topological polar surface area (TPSA) is 105 Å². The summed E-state index contributed by atoms with van der Waals surface area (Å²) in [6.45, 7) is 2.58. The van der Waals surface area contributed by atoms with E-state index < -0.39 is 11.9 Å². The third-order valence-electron chi connectivity index (χ3n) is 6.43. The maximum atomic E-state index is 13.2. The van der Waals surface area contributed by atoms with E-state index in [9.17, 15) is 14.8 Å². The standard InChI is InChI=1S/C28H26N4O4/c1-18-13-21(23-6-2-3-7-24(23)30-18)17-36-22-10-8-19(9-11-22)14-27(33)32-16-25-20(5-4-12-29-25)15-26(32)28(34)31-35/h2-13,26,35H,14-17H2,1H3,(H,31,34). The second-order valence-electron chi connectivity index (χ2n) is 8.88. The molecule has 1 aliphatic heterocycles. The number of rotatable bonds is 6. The largest absolute Gasteiger partial charge is 0.489 e. The Morgan fingerprint density at radius 2 is 1.92 bits per heavy atom. The molecule has 2 aromatic heterocycles. The number of fused-ring (bicyclic) bond motifs is 2. The third-order valence-corrected chi connectivity index (χ3v) is 6.43. The Labute approximate surface area is 208 Å². The van der Waals surface area contributed by atoms with Gasteiger partial charge in [-0.3, -0.25) is 24.8 Å². The molecule has 5 rings (SSSR count). The number of hydrogen-bond acceptors (Lipinski definition) is 6. The maximum absolute atomic E-state index is 13.2. The quantitative estimate of drug-likeness (QED) is 0.322. The zero-order chi connectivity index (χ0) is 25.1. The van der Waals surface area contributed by atoms with Crippen LogP contribution < -0.4 is 10.2 Å². The number of carbonyl (C=O) groups excluding carboxylic acids is 2. The van der Waals surface area contributed by atoms with E-state index in [2.05, 4.69) is 9.97 Å². The average Bonchev–Trinajstić information content (AvgIpc) is 2.91. The first-order chi connectivity index (χ1) is 17.5. The van der Waals surface area contributed by atoms with Crippen molar-refractivity contribution in [3.8, 4) is 5.75 Å². The number of amides is 2. The fourth-order valence-electron chi connectivity index (χ4n) is 4.62. The molecule has 2 N–H and O–H groups in total. The smallest absolute Gasteiger partial charge is 0.266 e. The predicted octanol–water partition coefficient (Wildman–Crippen LogP) is 3.52. The zero-order valence-electron chi connectivity index (χ0n) is 19.8. The summed E-state index contributed by atoms with van der Waals surface area (Å²) in [6.07, 6.45) is 2.09. The number of aromatic nitrogens is 2. The van der Waals surface area contributed by atoms with Crippen LogP contribution in [0.2, 0.25) is 0 Å². The Balaban J connectivity index is 1.26. The lowest BCUT2D eigenvalue weighted by Crippen LogP contribution is -2.52. The SMILES string of the molecule is Cc1cc(COc2ccc(CC(=O)N3Cc4ncccc4CC3C(=O)NO)cc2)c2ccccc2n1. The van der Waals surface area contributed by atoms with Gasteiger partial charge in [-0.05, 0) is 48.4 Å². The van der Waals surface area contributed by atoms with Crippen LogP contribution in [0.3, 0.4) is 0 Å². The summed E-state index contributed by atoms with van der Waals surface area (Å²) in [5, 5.41) is 10.3. The van der Waals surface area contributed by atoms with E-state index in [0.29, 0.717) is 18.8 Å². The summed E-state index contributed by atoms with van der Waals surface area (Å²) in [4.78, 5) is 35.8. The average molecular weight is 483 g/mol. The minimum Gasteiger partial charge on any atom is -0.489 e. The van der Waals surface area contributed by atoms with Crippen LogP contribution in [0.5, 0.6) is 5.75 Å². The van der Waals surface area contributed by atoms with Gasteiger partial charge in [0.15, 0.2) is 0 Å². The number of hydroxylamine groups is 1. The molecule has 0 radical (unpaired) electrons. The number of para-hydroxylation sites is 1. The first kappa shape index (κ1) is 23.4. The number of nitrogens with one attached hydrogen (secondary N) is 1. The number of nitrogens with zero attached hydrogens (tertiary/aromatic N) is 3. The summed E-state index contributed by atoms with van der Waals surface area (Å²) in [7, 11) is 0. The summed E-state index contributed by atoms with van der Waals surface area (Å²) < 4.78 is 6.02. The van der Waals surface area contributed by atoms with Crippen molar-refractivity contribution in [1.29, 1.82) is 0 Å². The molecular formula is C28H26N4O4. The molecule has 3 heterocycles. The Bertz CT molecular complexity index is 1420. The van der Waals surface area contributed by atoms with Gasteiger partial charge in [0.1, 0.15) is 18.4 Å². The van der Waals surface area contributed by atoms with Crippen molar-refractivity contribution in [2.75, 3.05) is 0 Å². The molecule has 1 aliphatic rings. The van der Waals surface area contributed by atoms with E-state index in [1.807, 2.05) is 67.6 Å². The van der Waals surface area contributed by atoms with Crippen LogP contribution in [0.25, 0.3) is 10.9 Å². The molecule has 4 aromatic rings. The monoisotopic (exact) mass is 482 g/mol. The highest BCUT2D eigenvalue weighted by Gasteiger charge is 2.35. The Hall–Kier alpha value is -4.30. The number of carbonyl (C=O) groups is 2. The molecule has 1 unspecified atom stereocenters. The number of aryl methyl sites for hydroxylation is 1. The first-order valence-corrected chi connectivity index (χ1v) is 11.7.